The van der Waals surface area contributed by atoms with Gasteiger partial charge in [-0.05, 0) is 50.8 Å². The summed E-state index contributed by atoms with van der Waals surface area (Å²) < 4.78 is 23.5. The number of anilines is 1. The summed E-state index contributed by atoms with van der Waals surface area (Å²) in [5.74, 6) is -0.348. The highest BCUT2D eigenvalue weighted by Gasteiger charge is 2.52. The lowest BCUT2D eigenvalue weighted by Gasteiger charge is -2.25. The number of amides is 3. The molecule has 4 aliphatic heterocycles. The molecule has 0 saturated carbocycles. The van der Waals surface area contributed by atoms with Gasteiger partial charge in [-0.25, -0.2) is 0 Å². The Kier molecular flexibility index (Phi) is 8.26. The number of hydrogen-bond acceptors (Lipinski definition) is 9. The van der Waals surface area contributed by atoms with Crippen molar-refractivity contribution < 1.29 is 38.1 Å². The van der Waals surface area contributed by atoms with Crippen LogP contribution in [0.1, 0.15) is 60.2 Å². The molecule has 0 aromatic heterocycles. The van der Waals surface area contributed by atoms with Crippen molar-refractivity contribution in [2.24, 2.45) is 4.99 Å². The third-order valence-corrected chi connectivity index (χ3v) is 8.50. The number of nitrogens with one attached hydrogen (secondary N) is 1. The smallest absolute Gasteiger partial charge is 0.303 e. The second-order valence-corrected chi connectivity index (χ2v) is 11.5. The van der Waals surface area contributed by atoms with Crippen molar-refractivity contribution in [3.8, 4) is 11.5 Å². The van der Waals surface area contributed by atoms with Gasteiger partial charge in [-0.15, -0.1) is 0 Å². The Balaban J connectivity index is 1.10. The minimum Gasteiger partial charge on any atom is -0.493 e. The number of para-hydroxylation sites is 1. The van der Waals surface area contributed by atoms with E-state index in [2.05, 4.69) is 10.3 Å². The number of methoxy groups -OCH3 is 1. The number of ether oxygens (including phenoxy) is 4. The standard InChI is InChI=1S/C32H36N4O8/c1-18(43-26-15-24-22(14-25(26)41-3)32(40)35-12-6-9-20(35)16-33-24)8-7-13-42-29-27(44-19(2)37)17-36-28(29)30(38)34-23-11-5-4-10-21(23)31(36)39/h4-5,10-11,14-16,18,20,27-29H,6-9,12-13,17H2,1-3H3,(H,34,38)/t18?,20-,27-,28+,29?/m1/s1. The molecule has 3 amide bonds. The van der Waals surface area contributed by atoms with Gasteiger partial charge in [0.2, 0.25) is 5.91 Å². The van der Waals surface area contributed by atoms with E-state index in [-0.39, 0.29) is 37.1 Å². The third kappa shape index (κ3) is 5.61. The van der Waals surface area contributed by atoms with E-state index in [4.69, 9.17) is 18.9 Å². The molecule has 2 saturated heterocycles. The Labute approximate surface area is 255 Å². The van der Waals surface area contributed by atoms with Gasteiger partial charge in [0.15, 0.2) is 11.5 Å². The van der Waals surface area contributed by atoms with Crippen LogP contribution in [0, 0.1) is 0 Å². The van der Waals surface area contributed by atoms with Crippen molar-refractivity contribution >= 4 is 41.3 Å². The van der Waals surface area contributed by atoms with Crippen LogP contribution in [0.5, 0.6) is 11.5 Å². The molecular formula is C32H36N4O8. The number of benzene rings is 2. The Hall–Kier alpha value is -4.45. The molecule has 2 unspecified atom stereocenters. The highest BCUT2D eigenvalue weighted by Crippen LogP contribution is 2.39. The summed E-state index contributed by atoms with van der Waals surface area (Å²) in [5.41, 5.74) is 1.86. The molecule has 0 bridgehead atoms. The highest BCUT2D eigenvalue weighted by atomic mass is 16.6. The van der Waals surface area contributed by atoms with Gasteiger partial charge in [0.1, 0.15) is 18.2 Å². The molecule has 0 aliphatic carbocycles. The average Bonchev–Trinajstić information content (AvgIpc) is 3.56. The van der Waals surface area contributed by atoms with E-state index in [0.29, 0.717) is 53.4 Å². The fourth-order valence-electron chi connectivity index (χ4n) is 6.41. The molecule has 12 heteroatoms. The molecule has 4 aliphatic rings. The van der Waals surface area contributed by atoms with E-state index in [9.17, 15) is 19.2 Å². The number of aliphatic imine (C=N–C) groups is 1. The zero-order chi connectivity index (χ0) is 31.0. The lowest BCUT2D eigenvalue weighted by atomic mass is 10.1. The quantitative estimate of drug-likeness (QED) is 0.340. The van der Waals surface area contributed by atoms with Crippen LogP contribution < -0.4 is 14.8 Å². The summed E-state index contributed by atoms with van der Waals surface area (Å²) in [6, 6.07) is 9.32. The van der Waals surface area contributed by atoms with Crippen LogP contribution >= 0.6 is 0 Å². The van der Waals surface area contributed by atoms with Gasteiger partial charge in [-0.3, -0.25) is 24.2 Å². The fourth-order valence-corrected chi connectivity index (χ4v) is 6.41. The van der Waals surface area contributed by atoms with Crippen LogP contribution in [0.4, 0.5) is 11.4 Å². The molecule has 0 spiro atoms. The van der Waals surface area contributed by atoms with Crippen LogP contribution in [-0.2, 0) is 19.1 Å². The Bertz CT molecular complexity index is 1510. The first kappa shape index (κ1) is 29.6. The number of nitrogens with zero attached hydrogens (tertiary/aromatic N) is 3. The molecule has 232 valence electrons. The predicted octanol–water partition coefficient (Wildman–Crippen LogP) is 3.36. The molecule has 2 aromatic carbocycles. The van der Waals surface area contributed by atoms with Gasteiger partial charge in [-0.2, -0.15) is 0 Å². The second kappa shape index (κ2) is 12.3. The van der Waals surface area contributed by atoms with Crippen molar-refractivity contribution in [3.05, 3.63) is 47.5 Å². The number of esters is 1. The van der Waals surface area contributed by atoms with Crippen molar-refractivity contribution in [3.63, 3.8) is 0 Å². The first-order valence-electron chi connectivity index (χ1n) is 15.0. The van der Waals surface area contributed by atoms with E-state index in [1.54, 1.807) is 36.4 Å². The number of rotatable bonds is 9. The van der Waals surface area contributed by atoms with Crippen molar-refractivity contribution in [2.75, 3.05) is 32.1 Å². The minimum absolute atomic E-state index is 0.00841. The normalized spacial score (nSPS) is 24.4. The Morgan fingerprint density at radius 3 is 2.68 bits per heavy atom. The van der Waals surface area contributed by atoms with Crippen LogP contribution in [0.3, 0.4) is 0 Å². The second-order valence-electron chi connectivity index (χ2n) is 11.5. The Morgan fingerprint density at radius 2 is 1.89 bits per heavy atom. The molecular weight excluding hydrogens is 568 g/mol. The maximum atomic E-state index is 13.3. The van der Waals surface area contributed by atoms with Crippen molar-refractivity contribution in [1.82, 2.24) is 9.80 Å². The summed E-state index contributed by atoms with van der Waals surface area (Å²) in [6.45, 7) is 4.22. The molecule has 2 aromatic rings. The monoisotopic (exact) mass is 604 g/mol. The van der Waals surface area contributed by atoms with E-state index >= 15 is 0 Å². The van der Waals surface area contributed by atoms with Crippen molar-refractivity contribution in [1.29, 1.82) is 0 Å². The minimum atomic E-state index is -0.948. The Morgan fingerprint density at radius 1 is 1.09 bits per heavy atom. The molecule has 5 atom stereocenters. The zero-order valence-electron chi connectivity index (χ0n) is 25.0. The van der Waals surface area contributed by atoms with Gasteiger partial charge in [0.05, 0.1) is 48.3 Å². The molecule has 6 rings (SSSR count). The van der Waals surface area contributed by atoms with Crippen LogP contribution in [-0.4, -0.2) is 96.9 Å². The number of fused-ring (bicyclic) bond motifs is 4. The molecule has 12 nitrogen and oxygen atoms in total. The first-order valence-corrected chi connectivity index (χ1v) is 15.0. The topological polar surface area (TPSA) is 136 Å². The van der Waals surface area contributed by atoms with Crippen molar-refractivity contribution in [2.45, 2.75) is 69.9 Å². The van der Waals surface area contributed by atoms with Crippen LogP contribution in [0.15, 0.2) is 41.4 Å². The number of carbonyl (C=O) groups excluding carboxylic acids is 4. The molecule has 4 heterocycles. The summed E-state index contributed by atoms with van der Waals surface area (Å²) in [4.78, 5) is 59.5. The fraction of sp³-hybridized carbons (Fsp3) is 0.469. The van der Waals surface area contributed by atoms with Crippen LogP contribution in [0.2, 0.25) is 0 Å². The average molecular weight is 605 g/mol. The predicted molar refractivity (Wildman–Crippen MR) is 160 cm³/mol. The maximum Gasteiger partial charge on any atom is 0.303 e. The van der Waals surface area contributed by atoms with Gasteiger partial charge in [-0.1, -0.05) is 12.1 Å². The zero-order valence-corrected chi connectivity index (χ0v) is 25.0. The number of carbonyl (C=O) groups is 4. The van der Waals surface area contributed by atoms with Gasteiger partial charge < -0.3 is 34.1 Å². The summed E-state index contributed by atoms with van der Waals surface area (Å²) >= 11 is 0. The summed E-state index contributed by atoms with van der Waals surface area (Å²) in [7, 11) is 1.54. The highest BCUT2D eigenvalue weighted by molar-refractivity contribution is 6.10. The largest absolute Gasteiger partial charge is 0.493 e. The molecule has 2 fully saturated rings. The first-order chi connectivity index (χ1) is 21.2. The summed E-state index contributed by atoms with van der Waals surface area (Å²) in [5, 5.41) is 2.83. The van der Waals surface area contributed by atoms with E-state index < -0.39 is 30.1 Å². The van der Waals surface area contributed by atoms with Gasteiger partial charge >= 0.3 is 5.97 Å². The third-order valence-electron chi connectivity index (χ3n) is 8.50. The van der Waals surface area contributed by atoms with Gasteiger partial charge in [0, 0.05) is 32.4 Å². The van der Waals surface area contributed by atoms with Crippen LogP contribution in [0.25, 0.3) is 0 Å². The lowest BCUT2D eigenvalue weighted by Crippen LogP contribution is -2.47. The lowest BCUT2D eigenvalue weighted by molar-refractivity contribution is -0.153. The SMILES string of the molecule is COc1cc2c(cc1OC(C)CCCOC1[C@H]3C(=O)Nc4ccccc4C(=O)N3C[C@H]1OC(C)=O)N=C[C@H]1CCCN1C2=O. The maximum absolute atomic E-state index is 13.3. The van der Waals surface area contributed by atoms with Gasteiger partial charge in [0.25, 0.3) is 11.8 Å². The molecule has 44 heavy (non-hydrogen) atoms. The molecule has 0 radical (unpaired) electrons. The van der Waals surface area contributed by atoms with E-state index in [1.165, 1.54) is 18.9 Å². The van der Waals surface area contributed by atoms with E-state index in [1.807, 2.05) is 18.0 Å². The van der Waals surface area contributed by atoms with E-state index in [0.717, 1.165) is 12.8 Å². The number of hydrogen-bond donors (Lipinski definition) is 1. The molecule has 1 N–H and O–H groups in total. The summed E-state index contributed by atoms with van der Waals surface area (Å²) in [6.07, 6.45) is 2.99.